The summed E-state index contributed by atoms with van der Waals surface area (Å²) < 4.78 is 23.7. The van der Waals surface area contributed by atoms with Gasteiger partial charge in [-0.05, 0) is 50.5 Å². The molecule has 130 valence electrons. The van der Waals surface area contributed by atoms with E-state index in [2.05, 4.69) is 0 Å². The summed E-state index contributed by atoms with van der Waals surface area (Å²) in [5.74, 6) is 1.93. The fraction of sp³-hybridized carbons (Fsp3) is 0.333. The predicted octanol–water partition coefficient (Wildman–Crippen LogP) is 4.51. The highest BCUT2D eigenvalue weighted by atomic mass is 35.5. The number of halogens is 2. The zero-order chi connectivity index (χ0) is 17.5. The van der Waals surface area contributed by atoms with Gasteiger partial charge >= 0.3 is 0 Å². The molecule has 0 aliphatic rings. The number of rotatable bonds is 8. The summed E-state index contributed by atoms with van der Waals surface area (Å²) in [7, 11) is 3.94. The van der Waals surface area contributed by atoms with Crippen LogP contribution in [0.3, 0.4) is 0 Å². The van der Waals surface area contributed by atoms with E-state index in [-0.39, 0.29) is 6.67 Å². The normalized spacial score (nSPS) is 10.9. The first-order valence-corrected chi connectivity index (χ1v) is 8.06. The minimum absolute atomic E-state index is 0.349. The minimum atomic E-state index is -0.387. The topological polar surface area (TPSA) is 47.7 Å². The van der Waals surface area contributed by atoms with Crippen LogP contribution in [0.2, 0.25) is 5.02 Å². The number of nitrogen functional groups attached to an aromatic ring is 1. The average molecular weight is 353 g/mol. The Balaban J connectivity index is 2.23. The van der Waals surface area contributed by atoms with Crippen molar-refractivity contribution in [3.63, 3.8) is 0 Å². The standard InChI is InChI=1S/C18H22ClFN2O2/c1-22(2)12-13-10-15(23-9-3-8-20)5-7-17(13)24-18-6-4-14(19)11-16(18)21/h4-7,10-11H,3,8-9,12,21H2,1-2H3. The number of hydrogen-bond donors (Lipinski definition) is 1. The Morgan fingerprint density at radius 2 is 1.88 bits per heavy atom. The summed E-state index contributed by atoms with van der Waals surface area (Å²) in [5, 5.41) is 0.560. The zero-order valence-corrected chi connectivity index (χ0v) is 14.6. The van der Waals surface area contributed by atoms with Crippen molar-refractivity contribution in [1.82, 2.24) is 4.90 Å². The van der Waals surface area contributed by atoms with Gasteiger partial charge in [0, 0.05) is 23.6 Å². The Morgan fingerprint density at radius 3 is 2.54 bits per heavy atom. The van der Waals surface area contributed by atoms with Gasteiger partial charge < -0.3 is 20.1 Å². The number of anilines is 1. The molecule has 2 rings (SSSR count). The van der Waals surface area contributed by atoms with Crippen LogP contribution in [0.25, 0.3) is 0 Å². The van der Waals surface area contributed by atoms with Crippen molar-refractivity contribution in [3.8, 4) is 17.2 Å². The molecule has 0 aliphatic carbocycles. The fourth-order valence-corrected chi connectivity index (χ4v) is 2.37. The monoisotopic (exact) mass is 352 g/mol. The lowest BCUT2D eigenvalue weighted by Gasteiger charge is -2.17. The van der Waals surface area contributed by atoms with Gasteiger partial charge in [0.15, 0.2) is 0 Å². The first-order chi connectivity index (χ1) is 11.5. The number of ether oxygens (including phenoxy) is 2. The molecule has 2 aromatic rings. The van der Waals surface area contributed by atoms with Crippen molar-refractivity contribution >= 4 is 17.3 Å². The molecule has 0 unspecified atom stereocenters. The Labute approximate surface area is 146 Å². The molecule has 6 heteroatoms. The van der Waals surface area contributed by atoms with Gasteiger partial charge in [-0.25, -0.2) is 0 Å². The van der Waals surface area contributed by atoms with Crippen LogP contribution in [0.1, 0.15) is 12.0 Å². The van der Waals surface area contributed by atoms with Gasteiger partial charge in [0.1, 0.15) is 17.2 Å². The van der Waals surface area contributed by atoms with Crippen LogP contribution >= 0.6 is 11.6 Å². The lowest BCUT2D eigenvalue weighted by Crippen LogP contribution is -2.12. The van der Waals surface area contributed by atoms with E-state index in [9.17, 15) is 4.39 Å². The van der Waals surface area contributed by atoms with Gasteiger partial charge in [-0.3, -0.25) is 4.39 Å². The van der Waals surface area contributed by atoms with Crippen LogP contribution in [-0.4, -0.2) is 32.3 Å². The van der Waals surface area contributed by atoms with E-state index >= 15 is 0 Å². The van der Waals surface area contributed by atoms with Crippen LogP contribution in [0.5, 0.6) is 17.2 Å². The minimum Gasteiger partial charge on any atom is -0.493 e. The molecule has 24 heavy (non-hydrogen) atoms. The molecule has 0 saturated heterocycles. The van der Waals surface area contributed by atoms with Crippen molar-refractivity contribution in [2.45, 2.75) is 13.0 Å². The van der Waals surface area contributed by atoms with E-state index < -0.39 is 0 Å². The van der Waals surface area contributed by atoms with Crippen LogP contribution in [0.4, 0.5) is 10.1 Å². The molecule has 0 aromatic heterocycles. The second kappa shape index (κ2) is 8.76. The van der Waals surface area contributed by atoms with Gasteiger partial charge in [0.2, 0.25) is 0 Å². The predicted molar refractivity (Wildman–Crippen MR) is 95.9 cm³/mol. The van der Waals surface area contributed by atoms with Crippen LogP contribution in [0, 0.1) is 0 Å². The third-order valence-corrected chi connectivity index (χ3v) is 3.49. The maximum absolute atomic E-state index is 12.2. The summed E-state index contributed by atoms with van der Waals surface area (Å²) in [4.78, 5) is 2.03. The summed E-state index contributed by atoms with van der Waals surface area (Å²) in [5.41, 5.74) is 7.38. The second-order valence-corrected chi connectivity index (χ2v) is 6.12. The molecule has 0 bridgehead atoms. The van der Waals surface area contributed by atoms with E-state index in [0.29, 0.717) is 47.5 Å². The molecule has 0 spiro atoms. The lowest BCUT2D eigenvalue weighted by atomic mass is 10.1. The number of benzene rings is 2. The summed E-state index contributed by atoms with van der Waals surface area (Å²) in [6, 6.07) is 10.7. The van der Waals surface area contributed by atoms with Gasteiger partial charge in [-0.15, -0.1) is 0 Å². The molecular formula is C18H22ClFN2O2. The third kappa shape index (κ3) is 5.28. The molecule has 0 amide bonds. The highest BCUT2D eigenvalue weighted by Crippen LogP contribution is 2.33. The molecular weight excluding hydrogens is 331 g/mol. The summed E-state index contributed by atoms with van der Waals surface area (Å²) in [6.45, 7) is 0.632. The Kier molecular flexibility index (Phi) is 6.70. The molecule has 0 radical (unpaired) electrons. The maximum atomic E-state index is 12.2. The van der Waals surface area contributed by atoms with Crippen molar-refractivity contribution in [3.05, 3.63) is 47.0 Å². The molecule has 2 N–H and O–H groups in total. The van der Waals surface area contributed by atoms with E-state index in [1.54, 1.807) is 24.3 Å². The Bertz CT molecular complexity index is 680. The zero-order valence-electron chi connectivity index (χ0n) is 13.9. The molecule has 2 aromatic carbocycles. The number of nitrogens with zero attached hydrogens (tertiary/aromatic N) is 1. The number of nitrogens with two attached hydrogens (primary N) is 1. The molecule has 0 heterocycles. The Hall–Kier alpha value is -1.98. The number of hydrogen-bond acceptors (Lipinski definition) is 4. The molecule has 0 saturated carbocycles. The molecule has 0 aliphatic heterocycles. The van der Waals surface area contributed by atoms with Gasteiger partial charge in [0.25, 0.3) is 0 Å². The first kappa shape index (κ1) is 18.4. The average Bonchev–Trinajstić information content (AvgIpc) is 2.52. The Morgan fingerprint density at radius 1 is 1.12 bits per heavy atom. The SMILES string of the molecule is CN(C)Cc1cc(OCCCF)ccc1Oc1ccc(Cl)cc1N. The number of alkyl halides is 1. The largest absolute Gasteiger partial charge is 0.493 e. The molecule has 0 atom stereocenters. The molecule has 4 nitrogen and oxygen atoms in total. The van der Waals surface area contributed by atoms with Gasteiger partial charge in [-0.2, -0.15) is 0 Å². The smallest absolute Gasteiger partial charge is 0.150 e. The van der Waals surface area contributed by atoms with Crippen molar-refractivity contribution in [1.29, 1.82) is 0 Å². The highest BCUT2D eigenvalue weighted by molar-refractivity contribution is 6.30. The lowest BCUT2D eigenvalue weighted by molar-refractivity contribution is 0.288. The van der Waals surface area contributed by atoms with Gasteiger partial charge in [-0.1, -0.05) is 11.6 Å². The highest BCUT2D eigenvalue weighted by Gasteiger charge is 2.10. The van der Waals surface area contributed by atoms with Crippen LogP contribution < -0.4 is 15.2 Å². The fourth-order valence-electron chi connectivity index (χ4n) is 2.18. The van der Waals surface area contributed by atoms with Crippen molar-refractivity contribution in [2.75, 3.05) is 33.1 Å². The summed E-state index contributed by atoms with van der Waals surface area (Å²) >= 11 is 5.92. The van der Waals surface area contributed by atoms with Gasteiger partial charge in [0.05, 0.1) is 19.0 Å². The molecule has 0 fully saturated rings. The quantitative estimate of drug-likeness (QED) is 0.560. The third-order valence-electron chi connectivity index (χ3n) is 3.26. The maximum Gasteiger partial charge on any atom is 0.150 e. The van der Waals surface area contributed by atoms with Crippen LogP contribution in [0.15, 0.2) is 36.4 Å². The van der Waals surface area contributed by atoms with E-state index in [0.717, 1.165) is 5.56 Å². The van der Waals surface area contributed by atoms with Crippen molar-refractivity contribution in [2.24, 2.45) is 0 Å². The van der Waals surface area contributed by atoms with E-state index in [1.807, 2.05) is 31.1 Å². The van der Waals surface area contributed by atoms with Crippen LogP contribution in [-0.2, 0) is 6.54 Å². The van der Waals surface area contributed by atoms with E-state index in [1.165, 1.54) is 0 Å². The van der Waals surface area contributed by atoms with E-state index in [4.69, 9.17) is 26.8 Å². The van der Waals surface area contributed by atoms with Crippen molar-refractivity contribution < 1.29 is 13.9 Å². The summed E-state index contributed by atoms with van der Waals surface area (Å²) in [6.07, 6.45) is 0.378. The second-order valence-electron chi connectivity index (χ2n) is 5.68. The first-order valence-electron chi connectivity index (χ1n) is 7.69.